The predicted octanol–water partition coefficient (Wildman–Crippen LogP) is 0.375. The summed E-state index contributed by atoms with van der Waals surface area (Å²) < 4.78 is 27.6. The van der Waals surface area contributed by atoms with Gasteiger partial charge in [0.1, 0.15) is 0 Å². The highest BCUT2D eigenvalue weighted by Crippen LogP contribution is 2.18. The molecule has 122 valence electrons. The van der Waals surface area contributed by atoms with Gasteiger partial charge in [-0.25, -0.2) is 12.7 Å². The lowest BCUT2D eigenvalue weighted by Crippen LogP contribution is -2.36. The van der Waals surface area contributed by atoms with E-state index in [1.54, 1.807) is 6.20 Å². The summed E-state index contributed by atoms with van der Waals surface area (Å²) in [4.78, 5) is 12.2. The quantitative estimate of drug-likeness (QED) is 0.847. The van der Waals surface area contributed by atoms with Crippen molar-refractivity contribution in [1.29, 1.82) is 0 Å². The van der Waals surface area contributed by atoms with E-state index in [1.807, 2.05) is 4.68 Å². The molecule has 0 bridgehead atoms. The van der Waals surface area contributed by atoms with Crippen LogP contribution in [0.25, 0.3) is 0 Å². The van der Waals surface area contributed by atoms with Gasteiger partial charge in [-0.15, -0.1) is 0 Å². The van der Waals surface area contributed by atoms with Crippen molar-refractivity contribution >= 4 is 15.9 Å². The Morgan fingerprint density at radius 2 is 1.91 bits per heavy atom. The number of sulfonamides is 1. The molecule has 1 amide bonds. The molecule has 1 aromatic heterocycles. The van der Waals surface area contributed by atoms with Crippen molar-refractivity contribution in [2.24, 2.45) is 0 Å². The fraction of sp³-hybridized carbons (Fsp3) is 0.714. The first-order valence-electron chi connectivity index (χ1n) is 7.88. The second kappa shape index (κ2) is 6.37. The summed E-state index contributed by atoms with van der Waals surface area (Å²) in [6, 6.07) is 0. The molecule has 0 saturated carbocycles. The number of aryl methyl sites for hydroxylation is 1. The minimum absolute atomic E-state index is 0.0395. The number of rotatable bonds is 5. The fourth-order valence-corrected chi connectivity index (χ4v) is 4.53. The molecule has 0 spiro atoms. The molecule has 0 unspecified atom stereocenters. The molecule has 2 aliphatic heterocycles. The van der Waals surface area contributed by atoms with Crippen molar-refractivity contribution in [1.82, 2.24) is 19.4 Å². The number of carbonyl (C=O) groups excluding carboxylic acids is 1. The van der Waals surface area contributed by atoms with Gasteiger partial charge in [-0.2, -0.15) is 5.10 Å². The highest BCUT2D eigenvalue weighted by molar-refractivity contribution is 7.89. The molecular formula is C14H22N4O3S. The van der Waals surface area contributed by atoms with Gasteiger partial charge in [0.2, 0.25) is 10.0 Å². The van der Waals surface area contributed by atoms with E-state index in [0.717, 1.165) is 44.3 Å². The van der Waals surface area contributed by atoms with Crippen LogP contribution < -0.4 is 5.32 Å². The smallest absolute Gasteiger partial charge is 0.254 e. The van der Waals surface area contributed by atoms with Crippen molar-refractivity contribution in [2.75, 3.05) is 25.4 Å². The summed E-state index contributed by atoms with van der Waals surface area (Å²) in [6.07, 6.45) is 6.45. The van der Waals surface area contributed by atoms with Crippen LogP contribution in [0, 0.1) is 0 Å². The molecule has 0 radical (unpaired) electrons. The first-order valence-corrected chi connectivity index (χ1v) is 9.49. The second-order valence-corrected chi connectivity index (χ2v) is 7.95. The number of aromatic nitrogens is 2. The van der Waals surface area contributed by atoms with Crippen LogP contribution in [0.5, 0.6) is 0 Å². The Hall–Kier alpha value is -1.41. The standard InChI is InChI=1S/C14H22N4O3S/c19-14(12-11-16-18-9-2-1-5-13(12)18)15-6-10-22(20,21)17-7-3-4-8-17/h11H,1-10H2,(H,15,19). The monoisotopic (exact) mass is 326 g/mol. The average Bonchev–Trinajstić information content (AvgIpc) is 3.17. The zero-order chi connectivity index (χ0) is 15.6. The molecule has 0 aromatic carbocycles. The predicted molar refractivity (Wildman–Crippen MR) is 82.1 cm³/mol. The van der Waals surface area contributed by atoms with E-state index >= 15 is 0 Å². The molecule has 1 saturated heterocycles. The van der Waals surface area contributed by atoms with E-state index < -0.39 is 10.0 Å². The zero-order valence-electron chi connectivity index (χ0n) is 12.6. The molecule has 1 aromatic rings. The van der Waals surface area contributed by atoms with Crippen LogP contribution in [0.15, 0.2) is 6.20 Å². The van der Waals surface area contributed by atoms with Crippen LogP contribution in [-0.4, -0.2) is 53.8 Å². The summed E-state index contributed by atoms with van der Waals surface area (Å²) in [6.45, 7) is 2.20. The minimum atomic E-state index is -3.24. The van der Waals surface area contributed by atoms with Crippen molar-refractivity contribution in [3.8, 4) is 0 Å². The molecule has 0 aliphatic carbocycles. The number of amides is 1. The number of carbonyl (C=O) groups is 1. The van der Waals surface area contributed by atoms with Gasteiger partial charge >= 0.3 is 0 Å². The fourth-order valence-electron chi connectivity index (χ4n) is 3.09. The number of nitrogens with one attached hydrogen (secondary N) is 1. The maximum Gasteiger partial charge on any atom is 0.254 e. The van der Waals surface area contributed by atoms with E-state index in [9.17, 15) is 13.2 Å². The molecule has 2 aliphatic rings. The Morgan fingerprint density at radius 1 is 1.18 bits per heavy atom. The van der Waals surface area contributed by atoms with Gasteiger partial charge in [0.25, 0.3) is 5.91 Å². The lowest BCUT2D eigenvalue weighted by molar-refractivity contribution is 0.0954. The molecule has 7 nitrogen and oxygen atoms in total. The lowest BCUT2D eigenvalue weighted by Gasteiger charge is -2.16. The Morgan fingerprint density at radius 3 is 2.68 bits per heavy atom. The van der Waals surface area contributed by atoms with Crippen LogP contribution in [0.4, 0.5) is 0 Å². The number of fused-ring (bicyclic) bond motifs is 1. The van der Waals surface area contributed by atoms with E-state index in [0.29, 0.717) is 18.7 Å². The third kappa shape index (κ3) is 3.17. The molecule has 1 fully saturated rings. The number of hydrogen-bond donors (Lipinski definition) is 1. The van der Waals surface area contributed by atoms with Crippen LogP contribution >= 0.6 is 0 Å². The first kappa shape index (κ1) is 15.5. The van der Waals surface area contributed by atoms with Crippen LogP contribution in [0.1, 0.15) is 41.7 Å². The largest absolute Gasteiger partial charge is 0.351 e. The highest BCUT2D eigenvalue weighted by Gasteiger charge is 2.25. The third-order valence-electron chi connectivity index (χ3n) is 4.33. The highest BCUT2D eigenvalue weighted by atomic mass is 32.2. The van der Waals surface area contributed by atoms with Gasteiger partial charge in [0.15, 0.2) is 0 Å². The summed E-state index contributed by atoms with van der Waals surface area (Å²) in [5.41, 5.74) is 1.55. The van der Waals surface area contributed by atoms with Gasteiger partial charge in [0.05, 0.1) is 23.2 Å². The Labute approximate surface area is 130 Å². The Bertz CT molecular complexity index is 647. The minimum Gasteiger partial charge on any atom is -0.351 e. The average molecular weight is 326 g/mol. The molecule has 3 heterocycles. The van der Waals surface area contributed by atoms with Gasteiger partial charge < -0.3 is 5.32 Å². The SMILES string of the molecule is O=C(NCCS(=O)(=O)N1CCCC1)c1cnn2c1CCCC2. The van der Waals surface area contributed by atoms with E-state index in [1.165, 1.54) is 4.31 Å². The molecule has 0 atom stereocenters. The van der Waals surface area contributed by atoms with Crippen LogP contribution in [-0.2, 0) is 23.0 Å². The van der Waals surface area contributed by atoms with Crippen molar-refractivity contribution in [3.05, 3.63) is 17.5 Å². The Balaban J connectivity index is 1.55. The van der Waals surface area contributed by atoms with Gasteiger partial charge in [0, 0.05) is 26.2 Å². The van der Waals surface area contributed by atoms with Crippen LogP contribution in [0.2, 0.25) is 0 Å². The number of nitrogens with zero attached hydrogens (tertiary/aromatic N) is 3. The first-order chi connectivity index (χ1) is 10.6. The second-order valence-electron chi connectivity index (χ2n) is 5.86. The maximum atomic E-state index is 12.2. The molecule has 22 heavy (non-hydrogen) atoms. The molecule has 3 rings (SSSR count). The summed E-state index contributed by atoms with van der Waals surface area (Å²) in [5, 5.41) is 6.94. The van der Waals surface area contributed by atoms with Crippen molar-refractivity contribution in [3.63, 3.8) is 0 Å². The molecule has 1 N–H and O–H groups in total. The number of hydrogen-bond acceptors (Lipinski definition) is 4. The summed E-state index contributed by atoms with van der Waals surface area (Å²) in [7, 11) is -3.24. The molecule has 8 heteroatoms. The van der Waals surface area contributed by atoms with E-state index in [2.05, 4.69) is 10.4 Å². The third-order valence-corrected chi connectivity index (χ3v) is 6.20. The van der Waals surface area contributed by atoms with Crippen LogP contribution in [0.3, 0.4) is 0 Å². The zero-order valence-corrected chi connectivity index (χ0v) is 13.4. The van der Waals surface area contributed by atoms with E-state index in [-0.39, 0.29) is 18.2 Å². The van der Waals surface area contributed by atoms with Gasteiger partial charge in [-0.05, 0) is 32.1 Å². The Kier molecular flexibility index (Phi) is 4.49. The lowest BCUT2D eigenvalue weighted by atomic mass is 10.1. The van der Waals surface area contributed by atoms with Crippen molar-refractivity contribution < 1.29 is 13.2 Å². The summed E-state index contributed by atoms with van der Waals surface area (Å²) in [5.74, 6) is -0.262. The summed E-state index contributed by atoms with van der Waals surface area (Å²) >= 11 is 0. The van der Waals surface area contributed by atoms with Gasteiger partial charge in [-0.1, -0.05) is 0 Å². The topological polar surface area (TPSA) is 84.3 Å². The normalized spacial score (nSPS) is 19.1. The maximum absolute atomic E-state index is 12.2. The van der Waals surface area contributed by atoms with Gasteiger partial charge in [-0.3, -0.25) is 9.48 Å². The molecular weight excluding hydrogens is 304 g/mol. The van der Waals surface area contributed by atoms with Crippen molar-refractivity contribution in [2.45, 2.75) is 38.6 Å². The van der Waals surface area contributed by atoms with E-state index in [4.69, 9.17) is 0 Å².